The zero-order valence-electron chi connectivity index (χ0n) is 13.0. The number of aryl methyl sites for hydroxylation is 3. The molecule has 2 aliphatic rings. The van der Waals surface area contributed by atoms with Crippen molar-refractivity contribution in [2.75, 3.05) is 18.0 Å². The first-order chi connectivity index (χ1) is 10.1. The molecule has 2 aliphatic heterocycles. The van der Waals surface area contributed by atoms with Crippen LogP contribution in [0.5, 0.6) is 0 Å². The van der Waals surface area contributed by atoms with Gasteiger partial charge in [-0.2, -0.15) is 0 Å². The van der Waals surface area contributed by atoms with Crippen molar-refractivity contribution in [2.45, 2.75) is 46.6 Å². The fraction of sp³-hybridized carbons (Fsp3) is 0.588. The number of aromatic nitrogens is 2. The number of nitrogens with zero attached hydrogens (tertiary/aromatic N) is 3. The molecule has 1 aromatic carbocycles. The van der Waals surface area contributed by atoms with Crippen LogP contribution in [0.3, 0.4) is 0 Å². The molecule has 1 saturated heterocycles. The van der Waals surface area contributed by atoms with Crippen LogP contribution in [0.1, 0.15) is 36.5 Å². The normalized spacial score (nSPS) is 21.5. The first-order valence-corrected chi connectivity index (χ1v) is 8.80. The van der Waals surface area contributed by atoms with E-state index in [2.05, 4.69) is 46.2 Å². The van der Waals surface area contributed by atoms with Crippen LogP contribution in [0, 0.1) is 19.8 Å². The van der Waals surface area contributed by atoms with Crippen molar-refractivity contribution in [1.29, 1.82) is 0 Å². The van der Waals surface area contributed by atoms with E-state index in [1.165, 1.54) is 57.4 Å². The van der Waals surface area contributed by atoms with Gasteiger partial charge in [0, 0.05) is 24.1 Å². The highest BCUT2D eigenvalue weighted by Gasteiger charge is 2.28. The Morgan fingerprint density at radius 1 is 1.19 bits per heavy atom. The van der Waals surface area contributed by atoms with Gasteiger partial charge >= 0.3 is 0 Å². The molecule has 112 valence electrons. The van der Waals surface area contributed by atoms with Crippen LogP contribution < -0.4 is 4.90 Å². The molecule has 0 spiro atoms. The summed E-state index contributed by atoms with van der Waals surface area (Å²) < 4.78 is 3.73. The van der Waals surface area contributed by atoms with Gasteiger partial charge in [0.05, 0.1) is 11.0 Å². The Morgan fingerprint density at radius 3 is 2.71 bits per heavy atom. The van der Waals surface area contributed by atoms with Crippen LogP contribution >= 0.6 is 15.9 Å². The van der Waals surface area contributed by atoms with E-state index in [1.807, 2.05) is 0 Å². The summed E-state index contributed by atoms with van der Waals surface area (Å²) in [4.78, 5) is 7.55. The Balaban J connectivity index is 1.99. The van der Waals surface area contributed by atoms with Crippen molar-refractivity contribution in [2.24, 2.45) is 5.92 Å². The predicted molar refractivity (Wildman–Crippen MR) is 91.2 cm³/mol. The van der Waals surface area contributed by atoms with Gasteiger partial charge in [0.1, 0.15) is 0 Å². The summed E-state index contributed by atoms with van der Waals surface area (Å²) in [7, 11) is 0. The van der Waals surface area contributed by atoms with Gasteiger partial charge in [-0.15, -0.1) is 0 Å². The minimum atomic E-state index is 0.787. The molecule has 2 aromatic rings. The zero-order valence-corrected chi connectivity index (χ0v) is 14.6. The highest BCUT2D eigenvalue weighted by atomic mass is 79.9. The second kappa shape index (κ2) is 4.73. The maximum atomic E-state index is 5.06. The molecule has 0 amide bonds. The summed E-state index contributed by atoms with van der Waals surface area (Å²) in [5.41, 5.74) is 6.80. The fourth-order valence-corrected chi connectivity index (χ4v) is 4.42. The van der Waals surface area contributed by atoms with E-state index < -0.39 is 0 Å². The van der Waals surface area contributed by atoms with E-state index in [0.29, 0.717) is 0 Å². The summed E-state index contributed by atoms with van der Waals surface area (Å²) in [6.45, 7) is 10.2. The average molecular weight is 348 g/mol. The topological polar surface area (TPSA) is 21.1 Å². The van der Waals surface area contributed by atoms with Crippen molar-refractivity contribution >= 4 is 32.9 Å². The molecule has 0 bridgehead atoms. The standard InChI is InChI=1S/C17H22BrN3/c1-10-6-8-20(9-10)17-19-15-12(3)14(18)11(2)13-5-4-7-21(17)16(13)15/h10H,4-9H2,1-3H3. The van der Waals surface area contributed by atoms with Crippen molar-refractivity contribution in [1.82, 2.24) is 9.55 Å². The number of hydrogen-bond acceptors (Lipinski definition) is 2. The number of benzene rings is 1. The molecule has 1 fully saturated rings. The third kappa shape index (κ3) is 1.88. The summed E-state index contributed by atoms with van der Waals surface area (Å²) >= 11 is 3.78. The van der Waals surface area contributed by atoms with E-state index in [0.717, 1.165) is 25.6 Å². The van der Waals surface area contributed by atoms with Crippen LogP contribution in [-0.4, -0.2) is 22.6 Å². The Bertz CT molecular complexity index is 732. The molecule has 0 aliphatic carbocycles. The molecular weight excluding hydrogens is 326 g/mol. The van der Waals surface area contributed by atoms with Gasteiger partial charge in [-0.25, -0.2) is 4.98 Å². The molecule has 3 nitrogen and oxygen atoms in total. The van der Waals surface area contributed by atoms with Crippen molar-refractivity contribution in [3.8, 4) is 0 Å². The number of rotatable bonds is 1. The molecule has 0 saturated carbocycles. The van der Waals surface area contributed by atoms with E-state index in [4.69, 9.17) is 4.98 Å². The second-order valence-corrected chi connectivity index (χ2v) is 7.54. The van der Waals surface area contributed by atoms with Gasteiger partial charge in [0.15, 0.2) is 0 Å². The third-order valence-corrected chi connectivity index (χ3v) is 6.40. The van der Waals surface area contributed by atoms with Crippen molar-refractivity contribution in [3.05, 3.63) is 21.2 Å². The Morgan fingerprint density at radius 2 is 2.00 bits per heavy atom. The molecule has 0 N–H and O–H groups in total. The fourth-order valence-electron chi connectivity index (χ4n) is 3.99. The van der Waals surface area contributed by atoms with E-state index in [1.54, 1.807) is 0 Å². The molecule has 1 atom stereocenters. The third-order valence-electron chi connectivity index (χ3n) is 5.21. The highest BCUT2D eigenvalue weighted by Crippen LogP contribution is 2.39. The van der Waals surface area contributed by atoms with Crippen LogP contribution in [-0.2, 0) is 13.0 Å². The van der Waals surface area contributed by atoms with Gasteiger partial charge in [-0.3, -0.25) is 0 Å². The summed E-state index contributed by atoms with van der Waals surface area (Å²) in [5.74, 6) is 1.99. The summed E-state index contributed by atoms with van der Waals surface area (Å²) in [6, 6.07) is 0. The largest absolute Gasteiger partial charge is 0.342 e. The molecule has 4 rings (SSSR count). The molecule has 0 radical (unpaired) electrons. The SMILES string of the molecule is Cc1c(Br)c(C)c2nc(N3CCC(C)C3)n3c2c1CCC3. The van der Waals surface area contributed by atoms with Crippen LogP contribution in [0.25, 0.3) is 11.0 Å². The minimum Gasteiger partial charge on any atom is -0.342 e. The van der Waals surface area contributed by atoms with Crippen molar-refractivity contribution in [3.63, 3.8) is 0 Å². The Hall–Kier alpha value is -1.03. The molecule has 1 unspecified atom stereocenters. The van der Waals surface area contributed by atoms with Crippen LogP contribution in [0.15, 0.2) is 4.47 Å². The Labute approximate surface area is 134 Å². The highest BCUT2D eigenvalue weighted by molar-refractivity contribution is 9.10. The van der Waals surface area contributed by atoms with E-state index in [9.17, 15) is 0 Å². The number of hydrogen-bond donors (Lipinski definition) is 0. The maximum absolute atomic E-state index is 5.06. The molecule has 1 aromatic heterocycles. The smallest absolute Gasteiger partial charge is 0.206 e. The molecule has 21 heavy (non-hydrogen) atoms. The van der Waals surface area contributed by atoms with Gasteiger partial charge in [-0.05, 0) is 55.7 Å². The predicted octanol–water partition coefficient (Wildman–Crippen LogP) is 4.21. The average Bonchev–Trinajstić information content (AvgIpc) is 3.07. The number of halogens is 1. The maximum Gasteiger partial charge on any atom is 0.206 e. The summed E-state index contributed by atoms with van der Waals surface area (Å²) in [6.07, 6.45) is 3.70. The lowest BCUT2D eigenvalue weighted by molar-refractivity contribution is 0.617. The van der Waals surface area contributed by atoms with Gasteiger partial charge < -0.3 is 9.47 Å². The molecule has 4 heteroatoms. The van der Waals surface area contributed by atoms with Gasteiger partial charge in [-0.1, -0.05) is 22.9 Å². The van der Waals surface area contributed by atoms with Crippen LogP contribution in [0.2, 0.25) is 0 Å². The van der Waals surface area contributed by atoms with Crippen LogP contribution in [0.4, 0.5) is 5.95 Å². The first-order valence-electron chi connectivity index (χ1n) is 8.00. The summed E-state index contributed by atoms with van der Waals surface area (Å²) in [5, 5.41) is 0. The van der Waals surface area contributed by atoms with E-state index >= 15 is 0 Å². The quantitative estimate of drug-likeness (QED) is 0.770. The lowest BCUT2D eigenvalue weighted by Crippen LogP contribution is -2.24. The van der Waals surface area contributed by atoms with Crippen molar-refractivity contribution < 1.29 is 0 Å². The van der Waals surface area contributed by atoms with Gasteiger partial charge in [0.2, 0.25) is 5.95 Å². The lowest BCUT2D eigenvalue weighted by Gasteiger charge is -2.23. The Kier molecular flexibility index (Phi) is 3.07. The number of imidazole rings is 1. The van der Waals surface area contributed by atoms with Gasteiger partial charge in [0.25, 0.3) is 0 Å². The second-order valence-electron chi connectivity index (χ2n) is 6.75. The molecular formula is C17H22BrN3. The minimum absolute atomic E-state index is 0.787. The lowest BCUT2D eigenvalue weighted by atomic mass is 9.97. The monoisotopic (exact) mass is 347 g/mol. The number of anilines is 1. The first kappa shape index (κ1) is 13.6. The van der Waals surface area contributed by atoms with E-state index in [-0.39, 0.29) is 0 Å². The molecule has 3 heterocycles. The zero-order chi connectivity index (χ0) is 14.7.